The molecule has 0 aliphatic carbocycles. The predicted octanol–water partition coefficient (Wildman–Crippen LogP) is 4.08. The van der Waals surface area contributed by atoms with Crippen LogP contribution in [-0.4, -0.2) is 35.1 Å². The molecule has 3 rings (SSSR count). The van der Waals surface area contributed by atoms with Crippen molar-refractivity contribution >= 4 is 45.2 Å². The lowest BCUT2D eigenvalue weighted by Crippen LogP contribution is -2.41. The molecule has 2 aromatic rings. The molecule has 1 aliphatic rings. The quantitative estimate of drug-likeness (QED) is 0.492. The highest BCUT2D eigenvalue weighted by Crippen LogP contribution is 2.30. The van der Waals surface area contributed by atoms with E-state index in [1.165, 1.54) is 0 Å². The number of imide groups is 1. The van der Waals surface area contributed by atoms with Crippen molar-refractivity contribution in [1.29, 1.82) is 0 Å². The first-order valence-electron chi connectivity index (χ1n) is 9.77. The Morgan fingerprint density at radius 2 is 1.74 bits per heavy atom. The summed E-state index contributed by atoms with van der Waals surface area (Å²) in [4.78, 5) is 51.2. The molecule has 4 amide bonds. The summed E-state index contributed by atoms with van der Waals surface area (Å²) in [6.45, 7) is 6.66. The minimum absolute atomic E-state index is 0.141. The number of nitrogens with one attached hydrogen (secondary N) is 2. The standard InChI is InChI=1S/C23H24BrN3O4/c1-22(2,3)19(29)25-17-10-8-14(9-11-17)18(28)13-27-20(30)23(4,26-21(27)31)15-6-5-7-16(24)12-15/h5-12H,13H2,1-4H3,(H,25,29)(H,26,31). The van der Waals surface area contributed by atoms with Crippen LogP contribution in [0.3, 0.4) is 0 Å². The zero-order valence-electron chi connectivity index (χ0n) is 17.8. The number of benzene rings is 2. The molecular weight excluding hydrogens is 462 g/mol. The monoisotopic (exact) mass is 485 g/mol. The van der Waals surface area contributed by atoms with E-state index < -0.39 is 22.9 Å². The molecule has 0 bridgehead atoms. The van der Waals surface area contributed by atoms with Gasteiger partial charge in [-0.2, -0.15) is 0 Å². The van der Waals surface area contributed by atoms with Crippen molar-refractivity contribution in [2.45, 2.75) is 33.2 Å². The summed E-state index contributed by atoms with van der Waals surface area (Å²) in [6.07, 6.45) is 0. The van der Waals surface area contributed by atoms with Gasteiger partial charge < -0.3 is 10.6 Å². The smallest absolute Gasteiger partial charge is 0.325 e. The second kappa shape index (κ2) is 8.26. The minimum Gasteiger partial charge on any atom is -0.326 e. The second-order valence-corrected chi connectivity index (χ2v) is 9.58. The Morgan fingerprint density at radius 1 is 1.10 bits per heavy atom. The Morgan fingerprint density at radius 3 is 2.32 bits per heavy atom. The van der Waals surface area contributed by atoms with Gasteiger partial charge in [-0.05, 0) is 48.9 Å². The third-order valence-electron chi connectivity index (χ3n) is 5.12. The fourth-order valence-corrected chi connectivity index (χ4v) is 3.53. The van der Waals surface area contributed by atoms with E-state index in [0.29, 0.717) is 16.8 Å². The van der Waals surface area contributed by atoms with Crippen LogP contribution in [0.4, 0.5) is 10.5 Å². The van der Waals surface area contributed by atoms with Gasteiger partial charge in [0, 0.05) is 21.1 Å². The molecule has 0 spiro atoms. The number of hydrogen-bond donors (Lipinski definition) is 2. The summed E-state index contributed by atoms with van der Waals surface area (Å²) in [5.41, 5.74) is -0.269. The maximum Gasteiger partial charge on any atom is 0.325 e. The molecule has 7 nitrogen and oxygen atoms in total. The summed E-state index contributed by atoms with van der Waals surface area (Å²) in [5, 5.41) is 5.48. The lowest BCUT2D eigenvalue weighted by molar-refractivity contribution is -0.130. The fourth-order valence-electron chi connectivity index (χ4n) is 3.13. The molecule has 0 saturated carbocycles. The first-order chi connectivity index (χ1) is 14.4. The molecule has 0 aromatic heterocycles. The molecule has 1 saturated heterocycles. The molecule has 1 fully saturated rings. The second-order valence-electron chi connectivity index (χ2n) is 8.66. The van der Waals surface area contributed by atoms with Gasteiger partial charge >= 0.3 is 6.03 Å². The lowest BCUT2D eigenvalue weighted by atomic mass is 9.92. The van der Waals surface area contributed by atoms with Crippen LogP contribution in [0.1, 0.15) is 43.6 Å². The van der Waals surface area contributed by atoms with E-state index in [4.69, 9.17) is 0 Å². The molecule has 162 valence electrons. The topological polar surface area (TPSA) is 95.6 Å². The van der Waals surface area contributed by atoms with Crippen LogP contribution in [0, 0.1) is 5.41 Å². The molecule has 1 aliphatic heterocycles. The number of ketones is 1. The van der Waals surface area contributed by atoms with Crippen LogP contribution in [-0.2, 0) is 15.1 Å². The van der Waals surface area contributed by atoms with E-state index in [0.717, 1.165) is 9.37 Å². The Balaban J connectivity index is 1.72. The van der Waals surface area contributed by atoms with Crippen LogP contribution >= 0.6 is 15.9 Å². The summed E-state index contributed by atoms with van der Waals surface area (Å²) < 4.78 is 0.779. The van der Waals surface area contributed by atoms with Crippen molar-refractivity contribution in [2.75, 3.05) is 11.9 Å². The number of Topliss-reactive ketones (excluding diaryl/α,β-unsaturated/α-hetero) is 1. The van der Waals surface area contributed by atoms with Crippen LogP contribution in [0.15, 0.2) is 53.0 Å². The Kier molecular flexibility index (Phi) is 6.04. The summed E-state index contributed by atoms with van der Waals surface area (Å²) >= 11 is 3.37. The van der Waals surface area contributed by atoms with Gasteiger partial charge in [-0.15, -0.1) is 0 Å². The van der Waals surface area contributed by atoms with Gasteiger partial charge in [-0.25, -0.2) is 4.79 Å². The van der Waals surface area contributed by atoms with Crippen molar-refractivity contribution in [3.8, 4) is 0 Å². The normalized spacial score (nSPS) is 18.7. The van der Waals surface area contributed by atoms with E-state index in [-0.39, 0.29) is 18.2 Å². The van der Waals surface area contributed by atoms with Gasteiger partial charge in [0.1, 0.15) is 5.54 Å². The van der Waals surface area contributed by atoms with Crippen LogP contribution in [0.25, 0.3) is 0 Å². The molecule has 1 atom stereocenters. The average molecular weight is 486 g/mol. The Hall–Kier alpha value is -3.00. The molecule has 31 heavy (non-hydrogen) atoms. The van der Waals surface area contributed by atoms with Crippen LogP contribution in [0.5, 0.6) is 0 Å². The lowest BCUT2D eigenvalue weighted by Gasteiger charge is -2.22. The molecule has 1 unspecified atom stereocenters. The fraction of sp³-hybridized carbons (Fsp3) is 0.304. The van der Waals surface area contributed by atoms with Crippen molar-refractivity contribution in [2.24, 2.45) is 5.41 Å². The predicted molar refractivity (Wildman–Crippen MR) is 121 cm³/mol. The number of urea groups is 1. The SMILES string of the molecule is CC(C)(C)C(=O)Nc1ccc(C(=O)CN2C(=O)NC(C)(c3cccc(Br)c3)C2=O)cc1. The van der Waals surface area contributed by atoms with E-state index in [1.54, 1.807) is 70.2 Å². The largest absolute Gasteiger partial charge is 0.326 e. The van der Waals surface area contributed by atoms with Crippen molar-refractivity contribution in [3.63, 3.8) is 0 Å². The first kappa shape index (κ1) is 22.7. The van der Waals surface area contributed by atoms with Gasteiger partial charge in [-0.3, -0.25) is 19.3 Å². The molecule has 1 heterocycles. The maximum atomic E-state index is 13.0. The number of nitrogens with zero attached hydrogens (tertiary/aromatic N) is 1. The molecule has 0 radical (unpaired) electrons. The van der Waals surface area contributed by atoms with Gasteiger partial charge in [0.25, 0.3) is 5.91 Å². The van der Waals surface area contributed by atoms with Crippen molar-refractivity contribution in [3.05, 3.63) is 64.1 Å². The van der Waals surface area contributed by atoms with E-state index >= 15 is 0 Å². The summed E-state index contributed by atoms with van der Waals surface area (Å²) in [5.74, 6) is -1.01. The van der Waals surface area contributed by atoms with Crippen LogP contribution in [0.2, 0.25) is 0 Å². The number of hydrogen-bond acceptors (Lipinski definition) is 4. The number of amides is 4. The van der Waals surface area contributed by atoms with Gasteiger partial charge in [-0.1, -0.05) is 48.8 Å². The van der Waals surface area contributed by atoms with Crippen molar-refractivity contribution in [1.82, 2.24) is 10.2 Å². The Bertz CT molecular complexity index is 1060. The average Bonchev–Trinajstić information content (AvgIpc) is 2.92. The molecule has 8 heteroatoms. The third-order valence-corrected chi connectivity index (χ3v) is 5.62. The number of anilines is 1. The third kappa shape index (κ3) is 4.69. The minimum atomic E-state index is -1.25. The summed E-state index contributed by atoms with van der Waals surface area (Å²) in [7, 11) is 0. The zero-order valence-corrected chi connectivity index (χ0v) is 19.4. The van der Waals surface area contributed by atoms with E-state index in [2.05, 4.69) is 26.6 Å². The van der Waals surface area contributed by atoms with E-state index in [1.807, 2.05) is 6.07 Å². The van der Waals surface area contributed by atoms with E-state index in [9.17, 15) is 19.2 Å². The maximum absolute atomic E-state index is 13.0. The number of halogens is 1. The highest BCUT2D eigenvalue weighted by atomic mass is 79.9. The number of carbonyl (C=O) groups excluding carboxylic acids is 4. The number of carbonyl (C=O) groups is 4. The summed E-state index contributed by atoms with van der Waals surface area (Å²) in [6, 6.07) is 12.9. The molecule has 2 N–H and O–H groups in total. The van der Waals surface area contributed by atoms with Gasteiger partial charge in [0.2, 0.25) is 5.91 Å². The van der Waals surface area contributed by atoms with Crippen molar-refractivity contribution < 1.29 is 19.2 Å². The van der Waals surface area contributed by atoms with Crippen LogP contribution < -0.4 is 10.6 Å². The van der Waals surface area contributed by atoms with Gasteiger partial charge in [0.05, 0.1) is 6.54 Å². The highest BCUT2D eigenvalue weighted by molar-refractivity contribution is 9.10. The zero-order chi connectivity index (χ0) is 23.0. The van der Waals surface area contributed by atoms with Gasteiger partial charge in [0.15, 0.2) is 5.78 Å². The number of rotatable bonds is 5. The Labute approximate surface area is 189 Å². The molecule has 2 aromatic carbocycles. The first-order valence-corrected chi connectivity index (χ1v) is 10.6. The highest BCUT2D eigenvalue weighted by Gasteiger charge is 2.49. The molecular formula is C23H24BrN3O4.